The molecule has 2 aliphatic rings. The van der Waals surface area contributed by atoms with Crippen LogP contribution in [0.3, 0.4) is 0 Å². The summed E-state index contributed by atoms with van der Waals surface area (Å²) >= 11 is 0. The summed E-state index contributed by atoms with van der Waals surface area (Å²) in [6.45, 7) is 2.29. The Labute approximate surface area is 210 Å². The quantitative estimate of drug-likeness (QED) is 0.225. The maximum Gasteiger partial charge on any atom is 0.0780 e. The molecule has 0 N–H and O–H groups in total. The van der Waals surface area contributed by atoms with E-state index < -0.39 is 0 Å². The zero-order valence-electron chi connectivity index (χ0n) is 20.0. The summed E-state index contributed by atoms with van der Waals surface area (Å²) in [5.41, 5.74) is 11.5. The van der Waals surface area contributed by atoms with E-state index in [1.165, 1.54) is 60.5 Å². The van der Waals surface area contributed by atoms with Crippen LogP contribution in [0.2, 0.25) is 0 Å². The fraction of sp³-hybridized carbons (Fsp3) is 0.0571. The van der Waals surface area contributed by atoms with E-state index in [9.17, 15) is 0 Å². The number of pyridine rings is 1. The van der Waals surface area contributed by atoms with E-state index in [1.807, 2.05) is 6.20 Å². The molecule has 0 saturated carbocycles. The monoisotopic (exact) mass is 457 g/mol. The van der Waals surface area contributed by atoms with Crippen molar-refractivity contribution in [2.24, 2.45) is 0 Å². The number of hydrogen-bond donors (Lipinski definition) is 0. The summed E-state index contributed by atoms with van der Waals surface area (Å²) in [5.74, 6) is 0. The van der Waals surface area contributed by atoms with Crippen molar-refractivity contribution in [3.05, 3.63) is 143 Å². The van der Waals surface area contributed by atoms with Crippen LogP contribution in [0.1, 0.15) is 29.2 Å². The van der Waals surface area contributed by atoms with Crippen LogP contribution in [0.15, 0.2) is 121 Å². The molecule has 36 heavy (non-hydrogen) atoms. The average Bonchev–Trinajstić information content (AvgIpc) is 3.40. The third-order valence-electron chi connectivity index (χ3n) is 8.32. The number of aromatic nitrogens is 1. The van der Waals surface area contributed by atoms with E-state index in [-0.39, 0.29) is 5.41 Å². The molecule has 5 aromatic carbocycles. The number of rotatable bonds is 1. The number of nitrogens with zero attached hydrogens (tertiary/aromatic N) is 1. The largest absolute Gasteiger partial charge is 0.256 e. The van der Waals surface area contributed by atoms with E-state index in [2.05, 4.69) is 122 Å². The van der Waals surface area contributed by atoms with Crippen LogP contribution < -0.4 is 0 Å². The van der Waals surface area contributed by atoms with Gasteiger partial charge < -0.3 is 0 Å². The van der Waals surface area contributed by atoms with Crippen molar-refractivity contribution in [3.8, 4) is 22.4 Å². The molecule has 8 rings (SSSR count). The molecule has 0 aliphatic heterocycles. The van der Waals surface area contributed by atoms with Gasteiger partial charge >= 0.3 is 0 Å². The van der Waals surface area contributed by atoms with Crippen LogP contribution >= 0.6 is 0 Å². The predicted octanol–water partition coefficient (Wildman–Crippen LogP) is 8.79. The van der Waals surface area contributed by atoms with E-state index in [0.717, 1.165) is 11.3 Å². The lowest BCUT2D eigenvalue weighted by Gasteiger charge is -2.31. The zero-order valence-corrected chi connectivity index (χ0v) is 20.0. The highest BCUT2D eigenvalue weighted by molar-refractivity contribution is 6.11. The smallest absolute Gasteiger partial charge is 0.0780 e. The molecule has 0 saturated heterocycles. The van der Waals surface area contributed by atoms with Crippen LogP contribution in [-0.4, -0.2) is 4.98 Å². The normalized spacial score (nSPS) is 17.3. The maximum atomic E-state index is 4.89. The molecule has 1 atom stereocenters. The van der Waals surface area contributed by atoms with Crippen molar-refractivity contribution in [1.29, 1.82) is 0 Å². The van der Waals surface area contributed by atoms with Gasteiger partial charge in [-0.15, -0.1) is 0 Å². The molecule has 0 bridgehead atoms. The van der Waals surface area contributed by atoms with Crippen molar-refractivity contribution < 1.29 is 0 Å². The van der Waals surface area contributed by atoms with Gasteiger partial charge in [0, 0.05) is 17.1 Å². The van der Waals surface area contributed by atoms with Gasteiger partial charge in [0.15, 0.2) is 0 Å². The van der Waals surface area contributed by atoms with Crippen molar-refractivity contribution in [3.63, 3.8) is 0 Å². The highest BCUT2D eigenvalue weighted by Crippen LogP contribution is 2.60. The van der Waals surface area contributed by atoms with E-state index in [1.54, 1.807) is 0 Å². The molecule has 1 heterocycles. The average molecular weight is 458 g/mol. The van der Waals surface area contributed by atoms with Crippen molar-refractivity contribution in [2.75, 3.05) is 0 Å². The Hall–Kier alpha value is -4.49. The number of allylic oxidation sites excluding steroid dienone is 1. The highest BCUT2D eigenvalue weighted by Gasteiger charge is 2.49. The zero-order chi connectivity index (χ0) is 23.9. The second kappa shape index (κ2) is 7.02. The van der Waals surface area contributed by atoms with Crippen LogP contribution in [-0.2, 0) is 5.41 Å². The van der Waals surface area contributed by atoms with Crippen LogP contribution in [0.4, 0.5) is 0 Å². The number of fused-ring (bicyclic) bond motifs is 10. The second-order valence-electron chi connectivity index (χ2n) is 10.0. The van der Waals surface area contributed by atoms with Gasteiger partial charge in [-0.05, 0) is 68.6 Å². The summed E-state index contributed by atoms with van der Waals surface area (Å²) in [4.78, 5) is 4.89. The number of benzene rings is 5. The SMILES string of the molecule is CC1=Cc2ccccc2C12c1ccccc1-c1cc(-c3nccc4c3ccc3ccccc34)ccc12. The van der Waals surface area contributed by atoms with E-state index >= 15 is 0 Å². The van der Waals surface area contributed by atoms with Crippen molar-refractivity contribution in [1.82, 2.24) is 4.98 Å². The molecule has 6 aromatic rings. The molecule has 0 fully saturated rings. The third kappa shape index (κ3) is 2.37. The Kier molecular flexibility index (Phi) is 3.86. The highest BCUT2D eigenvalue weighted by atomic mass is 14.7. The Morgan fingerprint density at radius 2 is 1.36 bits per heavy atom. The van der Waals surface area contributed by atoms with Gasteiger partial charge in [0.05, 0.1) is 11.1 Å². The standard InChI is InChI=1S/C35H23N/c1-22-20-24-9-3-6-12-31(24)35(22)32-13-7-5-11-28(32)30-21-25(15-17-33(30)35)34-29-16-14-23-8-2-4-10-26(23)27(29)18-19-36-34/h2-21H,1H3. The molecule has 1 nitrogen and oxygen atoms in total. The lowest BCUT2D eigenvalue weighted by atomic mass is 9.70. The lowest BCUT2D eigenvalue weighted by Crippen LogP contribution is -2.26. The Bertz CT molecular complexity index is 1910. The van der Waals surface area contributed by atoms with Gasteiger partial charge in [-0.1, -0.05) is 109 Å². The molecule has 1 heteroatoms. The molecule has 0 radical (unpaired) electrons. The first-order chi connectivity index (χ1) is 17.8. The molecular formula is C35H23N. The molecule has 1 spiro atoms. The fourth-order valence-electron chi connectivity index (χ4n) is 6.83. The minimum absolute atomic E-state index is 0.219. The molecule has 2 aliphatic carbocycles. The fourth-order valence-corrected chi connectivity index (χ4v) is 6.83. The van der Waals surface area contributed by atoms with E-state index in [0.29, 0.717) is 0 Å². The Morgan fingerprint density at radius 1 is 0.583 bits per heavy atom. The van der Waals surface area contributed by atoms with Crippen LogP contribution in [0.5, 0.6) is 0 Å². The summed E-state index contributed by atoms with van der Waals surface area (Å²) in [6.07, 6.45) is 4.32. The molecule has 0 amide bonds. The van der Waals surface area contributed by atoms with Gasteiger partial charge in [0.1, 0.15) is 0 Å². The van der Waals surface area contributed by atoms with Crippen molar-refractivity contribution >= 4 is 27.6 Å². The first kappa shape index (κ1) is 19.8. The summed E-state index contributed by atoms with van der Waals surface area (Å²) in [7, 11) is 0. The molecule has 1 aromatic heterocycles. The lowest BCUT2D eigenvalue weighted by molar-refractivity contribution is 0.767. The number of hydrogen-bond acceptors (Lipinski definition) is 1. The van der Waals surface area contributed by atoms with Gasteiger partial charge in [-0.25, -0.2) is 0 Å². The second-order valence-corrected chi connectivity index (χ2v) is 10.0. The summed E-state index contributed by atoms with van der Waals surface area (Å²) in [5, 5.41) is 4.97. The summed E-state index contributed by atoms with van der Waals surface area (Å²) in [6, 6.07) is 40.0. The van der Waals surface area contributed by atoms with Gasteiger partial charge in [0.25, 0.3) is 0 Å². The van der Waals surface area contributed by atoms with Gasteiger partial charge in [-0.3, -0.25) is 4.98 Å². The van der Waals surface area contributed by atoms with E-state index in [4.69, 9.17) is 4.98 Å². The first-order valence-corrected chi connectivity index (χ1v) is 12.6. The van der Waals surface area contributed by atoms with Crippen LogP contribution in [0.25, 0.3) is 50.0 Å². The van der Waals surface area contributed by atoms with Crippen LogP contribution in [0, 0.1) is 0 Å². The molecule has 168 valence electrons. The van der Waals surface area contributed by atoms with Gasteiger partial charge in [0.2, 0.25) is 0 Å². The minimum atomic E-state index is -0.219. The summed E-state index contributed by atoms with van der Waals surface area (Å²) < 4.78 is 0. The topological polar surface area (TPSA) is 12.9 Å². The first-order valence-electron chi connectivity index (χ1n) is 12.6. The van der Waals surface area contributed by atoms with Gasteiger partial charge in [-0.2, -0.15) is 0 Å². The molecular weight excluding hydrogens is 434 g/mol. The minimum Gasteiger partial charge on any atom is -0.256 e. The maximum absolute atomic E-state index is 4.89. The predicted molar refractivity (Wildman–Crippen MR) is 150 cm³/mol. The Morgan fingerprint density at radius 3 is 2.31 bits per heavy atom. The molecule has 1 unspecified atom stereocenters. The van der Waals surface area contributed by atoms with Crippen molar-refractivity contribution in [2.45, 2.75) is 12.3 Å². The third-order valence-corrected chi connectivity index (χ3v) is 8.32. The Balaban J connectivity index is 1.41.